The molecule has 0 spiro atoms. The molecule has 0 radical (unpaired) electrons. The molecule has 1 atom stereocenters. The summed E-state index contributed by atoms with van der Waals surface area (Å²) in [5.74, 6) is -0.679. The molecule has 0 aliphatic rings. The zero-order chi connectivity index (χ0) is 20.0. The number of nitro groups is 2. The second kappa shape index (κ2) is 8.68. The van der Waals surface area contributed by atoms with E-state index in [9.17, 15) is 25.0 Å². The maximum absolute atomic E-state index is 11.8. The Morgan fingerprint density at radius 1 is 1.00 bits per heavy atom. The van der Waals surface area contributed by atoms with Gasteiger partial charge in [0.05, 0.1) is 29.1 Å². The van der Waals surface area contributed by atoms with Crippen LogP contribution in [-0.4, -0.2) is 22.9 Å². The molecule has 9 heteroatoms. The van der Waals surface area contributed by atoms with Crippen molar-refractivity contribution in [1.29, 1.82) is 0 Å². The number of esters is 1. The van der Waals surface area contributed by atoms with E-state index >= 15 is 0 Å². The summed E-state index contributed by atoms with van der Waals surface area (Å²) in [6.07, 6.45) is -0.895. The van der Waals surface area contributed by atoms with E-state index in [0.717, 1.165) is 0 Å². The molecule has 2 rings (SSSR count). The van der Waals surface area contributed by atoms with Gasteiger partial charge in [-0.05, 0) is 35.4 Å². The highest BCUT2D eigenvalue weighted by Gasteiger charge is 2.23. The van der Waals surface area contributed by atoms with E-state index in [1.807, 2.05) is 0 Å². The highest BCUT2D eigenvalue weighted by Crippen LogP contribution is 2.28. The summed E-state index contributed by atoms with van der Waals surface area (Å²) in [7, 11) is 1.21. The minimum absolute atomic E-state index is 0.0215. The summed E-state index contributed by atoms with van der Waals surface area (Å²) in [4.78, 5) is 32.3. The molecule has 0 aromatic heterocycles. The average Bonchev–Trinajstić information content (AvgIpc) is 2.68. The normalized spacial score (nSPS) is 11.4. The van der Waals surface area contributed by atoms with Gasteiger partial charge in [0.1, 0.15) is 6.10 Å². The van der Waals surface area contributed by atoms with Gasteiger partial charge in [-0.25, -0.2) is 4.79 Å². The van der Waals surface area contributed by atoms with Gasteiger partial charge in [0, 0.05) is 24.3 Å². The van der Waals surface area contributed by atoms with Crippen LogP contribution in [0.25, 0.3) is 0 Å². The number of nitrogens with zero attached hydrogens (tertiary/aromatic N) is 2. The molecule has 0 saturated heterocycles. The Morgan fingerprint density at radius 2 is 1.48 bits per heavy atom. The van der Waals surface area contributed by atoms with Crippen molar-refractivity contribution in [2.45, 2.75) is 12.7 Å². The molecule has 0 aliphatic carbocycles. The maximum atomic E-state index is 11.8. The molecule has 0 aliphatic heterocycles. The van der Waals surface area contributed by atoms with Gasteiger partial charge in [0.25, 0.3) is 11.4 Å². The van der Waals surface area contributed by atoms with E-state index in [-0.39, 0.29) is 23.6 Å². The molecule has 0 saturated carbocycles. The van der Waals surface area contributed by atoms with Gasteiger partial charge in [-0.1, -0.05) is 6.58 Å². The lowest BCUT2D eigenvalue weighted by atomic mass is 10.0. The van der Waals surface area contributed by atoms with Crippen LogP contribution in [0.3, 0.4) is 0 Å². The number of ether oxygens (including phenoxy) is 2. The van der Waals surface area contributed by atoms with Crippen molar-refractivity contribution in [1.82, 2.24) is 0 Å². The van der Waals surface area contributed by atoms with Crippen molar-refractivity contribution >= 4 is 17.3 Å². The van der Waals surface area contributed by atoms with Gasteiger partial charge in [0.15, 0.2) is 0 Å². The molecule has 0 bridgehead atoms. The lowest BCUT2D eigenvalue weighted by Gasteiger charge is -2.19. The van der Waals surface area contributed by atoms with Crippen molar-refractivity contribution < 1.29 is 24.1 Å². The number of hydrogen-bond donors (Lipinski definition) is 0. The lowest BCUT2D eigenvalue weighted by Crippen LogP contribution is -2.15. The van der Waals surface area contributed by atoms with Crippen LogP contribution in [0.1, 0.15) is 17.2 Å². The zero-order valence-corrected chi connectivity index (χ0v) is 14.4. The van der Waals surface area contributed by atoms with Crippen molar-refractivity contribution in [3.63, 3.8) is 0 Å². The Balaban J connectivity index is 2.21. The highest BCUT2D eigenvalue weighted by molar-refractivity contribution is 5.89. The molecular weight excluding hydrogens is 356 g/mol. The first-order chi connectivity index (χ1) is 12.8. The minimum atomic E-state index is -0.895. The lowest BCUT2D eigenvalue weighted by molar-refractivity contribution is -0.385. The van der Waals surface area contributed by atoms with Gasteiger partial charge >= 0.3 is 5.97 Å². The summed E-state index contributed by atoms with van der Waals surface area (Å²) in [5.41, 5.74) is 0.998. The number of nitro benzene ring substituents is 2. The Labute approximate surface area is 154 Å². The van der Waals surface area contributed by atoms with Crippen LogP contribution in [0.5, 0.6) is 0 Å². The van der Waals surface area contributed by atoms with Crippen LogP contribution in [0.4, 0.5) is 11.4 Å². The average molecular weight is 372 g/mol. The predicted octanol–water partition coefficient (Wildman–Crippen LogP) is 3.49. The third-order valence-corrected chi connectivity index (χ3v) is 3.73. The summed E-state index contributed by atoms with van der Waals surface area (Å²) >= 11 is 0. The molecule has 0 heterocycles. The summed E-state index contributed by atoms with van der Waals surface area (Å²) in [5, 5.41) is 21.5. The van der Waals surface area contributed by atoms with E-state index in [1.54, 1.807) is 0 Å². The van der Waals surface area contributed by atoms with Gasteiger partial charge in [0.2, 0.25) is 0 Å². The Bertz CT molecular complexity index is 860. The van der Waals surface area contributed by atoms with E-state index in [0.29, 0.717) is 11.1 Å². The number of hydrogen-bond acceptors (Lipinski definition) is 7. The van der Waals surface area contributed by atoms with Crippen molar-refractivity contribution in [3.8, 4) is 0 Å². The predicted molar refractivity (Wildman–Crippen MR) is 94.9 cm³/mol. The van der Waals surface area contributed by atoms with Crippen LogP contribution in [-0.2, 0) is 20.9 Å². The molecular formula is C18H16N2O7. The molecule has 2 aromatic carbocycles. The fourth-order valence-corrected chi connectivity index (χ4v) is 2.30. The molecule has 27 heavy (non-hydrogen) atoms. The minimum Gasteiger partial charge on any atom is -0.466 e. The number of rotatable bonds is 8. The van der Waals surface area contributed by atoms with Gasteiger partial charge in [-0.15, -0.1) is 0 Å². The highest BCUT2D eigenvalue weighted by atomic mass is 16.6. The van der Waals surface area contributed by atoms with E-state index in [4.69, 9.17) is 4.74 Å². The summed E-state index contributed by atoms with van der Waals surface area (Å²) in [6.45, 7) is 3.72. The van der Waals surface area contributed by atoms with E-state index in [2.05, 4.69) is 11.3 Å². The van der Waals surface area contributed by atoms with Crippen molar-refractivity contribution in [2.75, 3.05) is 7.11 Å². The molecule has 0 fully saturated rings. The third-order valence-electron chi connectivity index (χ3n) is 3.73. The maximum Gasteiger partial charge on any atom is 0.336 e. The zero-order valence-electron chi connectivity index (χ0n) is 14.4. The van der Waals surface area contributed by atoms with E-state index < -0.39 is 21.9 Å². The molecule has 2 aromatic rings. The smallest absolute Gasteiger partial charge is 0.336 e. The van der Waals surface area contributed by atoms with Gasteiger partial charge < -0.3 is 9.47 Å². The first-order valence-corrected chi connectivity index (χ1v) is 7.70. The van der Waals surface area contributed by atoms with Crippen LogP contribution >= 0.6 is 0 Å². The number of carbonyl (C=O) groups is 1. The monoisotopic (exact) mass is 372 g/mol. The number of methoxy groups -OCH3 is 1. The first kappa shape index (κ1) is 19.7. The largest absolute Gasteiger partial charge is 0.466 e. The van der Waals surface area contributed by atoms with Crippen LogP contribution in [0.15, 0.2) is 60.7 Å². The molecule has 1 unspecified atom stereocenters. The number of carbonyl (C=O) groups excluding carboxylic acids is 1. The fourth-order valence-electron chi connectivity index (χ4n) is 2.30. The second-order valence-corrected chi connectivity index (χ2v) is 5.48. The number of non-ortho nitro benzene ring substituents is 2. The van der Waals surface area contributed by atoms with Crippen molar-refractivity contribution in [2.24, 2.45) is 0 Å². The number of benzene rings is 2. The molecule has 0 N–H and O–H groups in total. The van der Waals surface area contributed by atoms with Crippen LogP contribution in [0.2, 0.25) is 0 Å². The van der Waals surface area contributed by atoms with Crippen molar-refractivity contribution in [3.05, 3.63) is 92.0 Å². The quantitative estimate of drug-likeness (QED) is 0.301. The van der Waals surface area contributed by atoms with E-state index in [1.165, 1.54) is 55.6 Å². The third kappa shape index (κ3) is 4.95. The fraction of sp³-hybridized carbons (Fsp3) is 0.167. The molecule has 0 amide bonds. The molecule has 140 valence electrons. The SMILES string of the molecule is C=C(C(=O)OC)C(OCc1ccc([N+](=O)[O-])cc1)c1ccc([N+](=O)[O-])cc1. The molecule has 9 nitrogen and oxygen atoms in total. The Morgan fingerprint density at radius 3 is 1.93 bits per heavy atom. The second-order valence-electron chi connectivity index (χ2n) is 5.48. The van der Waals surface area contributed by atoms with Gasteiger partial charge in [-0.3, -0.25) is 20.2 Å². The summed E-state index contributed by atoms with van der Waals surface area (Å²) < 4.78 is 10.4. The Hall–Kier alpha value is -3.59. The van der Waals surface area contributed by atoms with Crippen LogP contribution in [0, 0.1) is 20.2 Å². The topological polar surface area (TPSA) is 122 Å². The van der Waals surface area contributed by atoms with Crippen LogP contribution < -0.4 is 0 Å². The standard InChI is InChI=1S/C18H16N2O7/c1-12(18(21)26-2)17(14-5-9-16(10-6-14)20(24)25)27-11-13-3-7-15(8-4-13)19(22)23/h3-10,17H,1,11H2,2H3. The summed E-state index contributed by atoms with van der Waals surface area (Å²) in [6, 6.07) is 11.3. The Kier molecular flexibility index (Phi) is 6.34. The first-order valence-electron chi connectivity index (χ1n) is 7.70. The van der Waals surface area contributed by atoms with Gasteiger partial charge in [-0.2, -0.15) is 0 Å².